The summed E-state index contributed by atoms with van der Waals surface area (Å²) < 4.78 is 1.03. The van der Waals surface area contributed by atoms with Crippen LogP contribution in [0.4, 0.5) is 5.69 Å². The Hall–Kier alpha value is -2.47. The van der Waals surface area contributed by atoms with E-state index >= 15 is 0 Å². The molecule has 2 aromatic carbocycles. The highest BCUT2D eigenvalue weighted by molar-refractivity contribution is 9.10. The Labute approximate surface area is 165 Å². The normalized spacial score (nSPS) is 23.8. The molecule has 2 aromatic rings. The van der Waals surface area contributed by atoms with Crippen LogP contribution in [0, 0.1) is 11.8 Å². The summed E-state index contributed by atoms with van der Waals surface area (Å²) in [7, 11) is 0. The fraction of sp³-hybridized carbons (Fsp3) is 0.286. The molecule has 0 bridgehead atoms. The van der Waals surface area contributed by atoms with Gasteiger partial charge in [-0.25, -0.2) is 0 Å². The van der Waals surface area contributed by atoms with E-state index in [1.165, 1.54) is 5.56 Å². The number of amides is 3. The molecule has 1 heterocycles. The van der Waals surface area contributed by atoms with Crippen molar-refractivity contribution in [3.05, 3.63) is 64.1 Å². The highest BCUT2D eigenvalue weighted by Gasteiger charge is 2.44. The first kappa shape index (κ1) is 17.9. The third-order valence-electron chi connectivity index (χ3n) is 5.17. The van der Waals surface area contributed by atoms with Crippen molar-refractivity contribution in [3.63, 3.8) is 0 Å². The van der Waals surface area contributed by atoms with E-state index in [9.17, 15) is 14.4 Å². The van der Waals surface area contributed by atoms with Crippen LogP contribution in [0.5, 0.6) is 0 Å². The zero-order chi connectivity index (χ0) is 19.0. The van der Waals surface area contributed by atoms with Crippen molar-refractivity contribution >= 4 is 39.3 Å². The zero-order valence-electron chi connectivity index (χ0n) is 14.6. The molecule has 3 amide bonds. The lowest BCUT2D eigenvalue weighted by molar-refractivity contribution is -0.125. The number of carbonyl (C=O) groups is 3. The average molecular weight is 427 g/mol. The molecule has 1 aliphatic carbocycles. The summed E-state index contributed by atoms with van der Waals surface area (Å²) >= 11 is 3.47. The minimum atomic E-state index is -0.296. The van der Waals surface area contributed by atoms with E-state index < -0.39 is 0 Å². The van der Waals surface area contributed by atoms with E-state index in [4.69, 9.17) is 0 Å². The Balaban J connectivity index is 1.33. The standard InChI is InChI=1S/C21H19BrN2O3/c22-15-3-1-2-13(9-15)17-11-18(17)21(27)23-16-6-4-12(5-7-16)8-14-10-19(25)24-20(14)26/h1-7,9,14,17-18H,8,10-11H2,(H,23,27)(H,24,25,26). The lowest BCUT2D eigenvalue weighted by atomic mass is 9.98. The summed E-state index contributed by atoms with van der Waals surface area (Å²) in [6.07, 6.45) is 1.64. The van der Waals surface area contributed by atoms with Crippen LogP contribution in [0.2, 0.25) is 0 Å². The van der Waals surface area contributed by atoms with Gasteiger partial charge in [-0.05, 0) is 54.2 Å². The summed E-state index contributed by atoms with van der Waals surface area (Å²) in [4.78, 5) is 35.4. The number of anilines is 1. The van der Waals surface area contributed by atoms with E-state index in [2.05, 4.69) is 38.7 Å². The molecule has 6 heteroatoms. The molecule has 0 aromatic heterocycles. The molecule has 0 spiro atoms. The number of rotatable bonds is 5. The van der Waals surface area contributed by atoms with Gasteiger partial charge in [0.1, 0.15) is 0 Å². The number of imide groups is 1. The van der Waals surface area contributed by atoms with Crippen molar-refractivity contribution in [1.29, 1.82) is 0 Å². The second kappa shape index (κ2) is 7.27. The third kappa shape index (κ3) is 4.11. The zero-order valence-corrected chi connectivity index (χ0v) is 16.2. The van der Waals surface area contributed by atoms with Gasteiger partial charge >= 0.3 is 0 Å². The predicted molar refractivity (Wildman–Crippen MR) is 105 cm³/mol. The molecular weight excluding hydrogens is 408 g/mol. The SMILES string of the molecule is O=C1CC(Cc2ccc(NC(=O)C3CC3c3cccc(Br)c3)cc2)C(=O)N1. The Kier molecular flexibility index (Phi) is 4.83. The van der Waals surface area contributed by atoms with Crippen LogP contribution >= 0.6 is 15.9 Å². The van der Waals surface area contributed by atoms with Crippen molar-refractivity contribution in [2.75, 3.05) is 5.32 Å². The largest absolute Gasteiger partial charge is 0.326 e. The number of hydrogen-bond acceptors (Lipinski definition) is 3. The summed E-state index contributed by atoms with van der Waals surface area (Å²) in [5.74, 6) is -0.390. The Bertz CT molecular complexity index is 910. The van der Waals surface area contributed by atoms with Crippen LogP contribution in [0.1, 0.15) is 29.9 Å². The molecule has 2 aliphatic rings. The van der Waals surface area contributed by atoms with Gasteiger partial charge < -0.3 is 5.32 Å². The van der Waals surface area contributed by atoms with Crippen molar-refractivity contribution < 1.29 is 14.4 Å². The van der Waals surface area contributed by atoms with Gasteiger partial charge in [0, 0.05) is 22.5 Å². The van der Waals surface area contributed by atoms with Gasteiger partial charge in [-0.2, -0.15) is 0 Å². The fourth-order valence-electron chi connectivity index (χ4n) is 3.61. The molecule has 3 unspecified atom stereocenters. The molecule has 5 nitrogen and oxygen atoms in total. The van der Waals surface area contributed by atoms with Crippen LogP contribution in [0.15, 0.2) is 53.0 Å². The number of halogens is 1. The molecule has 4 rings (SSSR count). The second-order valence-electron chi connectivity index (χ2n) is 7.21. The van der Waals surface area contributed by atoms with Crippen molar-refractivity contribution in [2.24, 2.45) is 11.8 Å². The third-order valence-corrected chi connectivity index (χ3v) is 5.67. The highest BCUT2D eigenvalue weighted by Crippen LogP contribution is 2.48. The minimum Gasteiger partial charge on any atom is -0.326 e. The van der Waals surface area contributed by atoms with Gasteiger partial charge in [-0.3, -0.25) is 19.7 Å². The first-order valence-electron chi connectivity index (χ1n) is 8.98. The summed E-state index contributed by atoms with van der Waals surface area (Å²) in [6.45, 7) is 0. The van der Waals surface area contributed by atoms with Gasteiger partial charge in [0.05, 0.1) is 5.92 Å². The molecule has 138 valence electrons. The Morgan fingerprint density at radius 1 is 1.15 bits per heavy atom. The van der Waals surface area contributed by atoms with E-state index in [0.29, 0.717) is 6.42 Å². The maximum atomic E-state index is 12.5. The van der Waals surface area contributed by atoms with Crippen LogP contribution in [0.3, 0.4) is 0 Å². The number of nitrogens with one attached hydrogen (secondary N) is 2. The monoisotopic (exact) mass is 426 g/mol. The number of benzene rings is 2. The lowest BCUT2D eigenvalue weighted by Crippen LogP contribution is -2.22. The number of hydrogen-bond donors (Lipinski definition) is 2. The van der Waals surface area contributed by atoms with Crippen LogP contribution < -0.4 is 10.6 Å². The smallest absolute Gasteiger partial charge is 0.230 e. The molecule has 1 saturated carbocycles. The molecule has 1 saturated heterocycles. The van der Waals surface area contributed by atoms with Gasteiger partial charge in [0.15, 0.2) is 0 Å². The highest BCUT2D eigenvalue weighted by atomic mass is 79.9. The van der Waals surface area contributed by atoms with E-state index in [0.717, 1.165) is 22.1 Å². The summed E-state index contributed by atoms with van der Waals surface area (Å²) in [5.41, 5.74) is 2.90. The molecular formula is C21H19BrN2O3. The lowest BCUT2D eigenvalue weighted by Gasteiger charge is -2.09. The molecule has 27 heavy (non-hydrogen) atoms. The second-order valence-corrected chi connectivity index (χ2v) is 8.12. The first-order valence-corrected chi connectivity index (χ1v) is 9.78. The predicted octanol–water partition coefficient (Wildman–Crippen LogP) is 3.40. The number of carbonyl (C=O) groups excluding carboxylic acids is 3. The molecule has 2 fully saturated rings. The van der Waals surface area contributed by atoms with Crippen molar-refractivity contribution in [3.8, 4) is 0 Å². The van der Waals surface area contributed by atoms with Crippen LogP contribution in [-0.4, -0.2) is 17.7 Å². The Morgan fingerprint density at radius 3 is 2.59 bits per heavy atom. The quantitative estimate of drug-likeness (QED) is 0.719. The van der Waals surface area contributed by atoms with E-state index in [1.54, 1.807) is 0 Å². The van der Waals surface area contributed by atoms with E-state index in [-0.39, 0.29) is 41.9 Å². The van der Waals surface area contributed by atoms with Crippen molar-refractivity contribution in [2.45, 2.75) is 25.2 Å². The Morgan fingerprint density at radius 2 is 1.93 bits per heavy atom. The molecule has 2 N–H and O–H groups in total. The van der Waals surface area contributed by atoms with Gasteiger partial charge in [0.2, 0.25) is 17.7 Å². The molecule has 3 atom stereocenters. The van der Waals surface area contributed by atoms with Crippen LogP contribution in [-0.2, 0) is 20.8 Å². The molecule has 0 radical (unpaired) electrons. The fourth-order valence-corrected chi connectivity index (χ4v) is 4.02. The summed E-state index contributed by atoms with van der Waals surface area (Å²) in [5, 5.41) is 5.30. The maximum absolute atomic E-state index is 12.5. The first-order chi connectivity index (χ1) is 13.0. The minimum absolute atomic E-state index is 0.00664. The van der Waals surface area contributed by atoms with Gasteiger partial charge in [-0.1, -0.05) is 40.2 Å². The topological polar surface area (TPSA) is 75.3 Å². The van der Waals surface area contributed by atoms with Gasteiger partial charge in [0.25, 0.3) is 0 Å². The summed E-state index contributed by atoms with van der Waals surface area (Å²) in [6, 6.07) is 15.6. The average Bonchev–Trinajstić information content (AvgIpc) is 3.37. The van der Waals surface area contributed by atoms with Gasteiger partial charge in [-0.15, -0.1) is 0 Å². The van der Waals surface area contributed by atoms with Crippen molar-refractivity contribution in [1.82, 2.24) is 5.32 Å². The van der Waals surface area contributed by atoms with Crippen LogP contribution in [0.25, 0.3) is 0 Å². The van der Waals surface area contributed by atoms with E-state index in [1.807, 2.05) is 36.4 Å². The maximum Gasteiger partial charge on any atom is 0.230 e. The molecule has 1 aliphatic heterocycles.